The molecular formula is C24H34Cl2FN5O2S2. The predicted molar refractivity (Wildman–Crippen MR) is 155 cm³/mol. The first-order valence-electron chi connectivity index (χ1n) is 11.9. The molecule has 0 aromatic heterocycles. The summed E-state index contributed by atoms with van der Waals surface area (Å²) in [6, 6.07) is 7.02. The molecule has 3 aliphatic rings. The van der Waals surface area contributed by atoms with Crippen LogP contribution in [0, 0.1) is 0 Å². The number of carboxylic acid groups (broad SMARTS) is 1. The van der Waals surface area contributed by atoms with Crippen LogP contribution in [0.25, 0.3) is 6.08 Å². The number of piperidine rings is 1. The highest BCUT2D eigenvalue weighted by atomic mass is 35.5. The molecule has 12 heteroatoms. The SMILES string of the molecule is CCN(CC)C1CC(c2ccccc2C=C2SC(N3CCNCC3)=NC2=S)N(C(=O)O)CC1F.Cl.Cl. The lowest BCUT2D eigenvalue weighted by atomic mass is 9.87. The largest absolute Gasteiger partial charge is 0.465 e. The van der Waals surface area contributed by atoms with Gasteiger partial charge >= 0.3 is 6.09 Å². The maximum Gasteiger partial charge on any atom is 0.407 e. The van der Waals surface area contributed by atoms with E-state index >= 15 is 4.39 Å². The van der Waals surface area contributed by atoms with Gasteiger partial charge in [0.2, 0.25) is 0 Å². The molecule has 0 radical (unpaired) electrons. The summed E-state index contributed by atoms with van der Waals surface area (Å²) in [5, 5.41) is 14.2. The number of hydrogen-bond donors (Lipinski definition) is 2. The molecule has 2 saturated heterocycles. The Morgan fingerprint density at radius 2 is 1.94 bits per heavy atom. The Balaban J connectivity index is 0.00000228. The van der Waals surface area contributed by atoms with Crippen molar-refractivity contribution in [3.05, 3.63) is 40.3 Å². The highest BCUT2D eigenvalue weighted by Crippen LogP contribution is 2.38. The number of nitrogens with one attached hydrogen (secondary N) is 1. The number of aliphatic imine (C=N–C) groups is 1. The second-order valence-corrected chi connectivity index (χ2v) is 10.1. The van der Waals surface area contributed by atoms with E-state index in [1.807, 2.05) is 44.2 Å². The van der Waals surface area contributed by atoms with Gasteiger partial charge in [0.25, 0.3) is 0 Å². The summed E-state index contributed by atoms with van der Waals surface area (Å²) in [5.74, 6) is 0. The highest BCUT2D eigenvalue weighted by Gasteiger charge is 2.41. The van der Waals surface area contributed by atoms with E-state index in [1.165, 1.54) is 4.90 Å². The Kier molecular flexibility index (Phi) is 11.9. The zero-order chi connectivity index (χ0) is 24.2. The Morgan fingerprint density at radius 3 is 2.58 bits per heavy atom. The van der Waals surface area contributed by atoms with Crippen molar-refractivity contribution in [3.8, 4) is 0 Å². The number of hydrogen-bond acceptors (Lipinski definition) is 6. The van der Waals surface area contributed by atoms with Gasteiger partial charge in [-0.15, -0.1) is 24.8 Å². The van der Waals surface area contributed by atoms with Crippen LogP contribution in [0.1, 0.15) is 37.4 Å². The third kappa shape index (κ3) is 6.71. The molecule has 0 bridgehead atoms. The van der Waals surface area contributed by atoms with E-state index in [-0.39, 0.29) is 37.4 Å². The number of benzene rings is 1. The van der Waals surface area contributed by atoms with Crippen molar-refractivity contribution in [2.45, 2.75) is 38.5 Å². The van der Waals surface area contributed by atoms with Crippen molar-refractivity contribution < 1.29 is 14.3 Å². The average Bonchev–Trinajstić information content (AvgIpc) is 3.21. The molecule has 0 aliphatic carbocycles. The van der Waals surface area contributed by atoms with Crippen LogP contribution in [0.4, 0.5) is 9.18 Å². The van der Waals surface area contributed by atoms with Crippen LogP contribution in [0.3, 0.4) is 0 Å². The third-order valence-electron chi connectivity index (χ3n) is 6.80. The molecule has 36 heavy (non-hydrogen) atoms. The predicted octanol–water partition coefficient (Wildman–Crippen LogP) is 4.68. The highest BCUT2D eigenvalue weighted by molar-refractivity contribution is 8.19. The average molecular weight is 579 g/mol. The fraction of sp³-hybridized carbons (Fsp3) is 0.542. The number of nitrogens with zero attached hydrogens (tertiary/aromatic N) is 4. The van der Waals surface area contributed by atoms with Gasteiger partial charge in [0.15, 0.2) is 5.17 Å². The molecule has 3 unspecified atom stereocenters. The van der Waals surface area contributed by atoms with Crippen LogP contribution in [0.15, 0.2) is 34.2 Å². The van der Waals surface area contributed by atoms with Crippen molar-refractivity contribution in [2.75, 3.05) is 45.8 Å². The molecule has 3 aliphatic heterocycles. The van der Waals surface area contributed by atoms with Crippen LogP contribution in [-0.4, -0.2) is 94.1 Å². The summed E-state index contributed by atoms with van der Waals surface area (Å²) in [7, 11) is 0. The number of likely N-dealkylation sites (tertiary alicyclic amines) is 1. The molecule has 2 fully saturated rings. The van der Waals surface area contributed by atoms with Gasteiger partial charge in [-0.3, -0.25) is 9.80 Å². The molecule has 2 N–H and O–H groups in total. The monoisotopic (exact) mass is 577 g/mol. The number of amides is 1. The van der Waals surface area contributed by atoms with E-state index < -0.39 is 18.3 Å². The van der Waals surface area contributed by atoms with Gasteiger partial charge in [-0.25, -0.2) is 14.2 Å². The first-order valence-corrected chi connectivity index (χ1v) is 13.1. The molecule has 4 rings (SSSR count). The topological polar surface area (TPSA) is 71.4 Å². The van der Waals surface area contributed by atoms with E-state index in [1.54, 1.807) is 11.8 Å². The Labute approximate surface area is 234 Å². The lowest BCUT2D eigenvalue weighted by Gasteiger charge is -2.44. The molecular weight excluding hydrogens is 544 g/mol. The van der Waals surface area contributed by atoms with Gasteiger partial charge in [0.1, 0.15) is 11.2 Å². The molecule has 0 spiro atoms. The zero-order valence-electron chi connectivity index (χ0n) is 20.4. The number of alkyl halides is 1. The summed E-state index contributed by atoms with van der Waals surface area (Å²) in [4.78, 5) is 23.7. The molecule has 1 amide bonds. The van der Waals surface area contributed by atoms with Crippen LogP contribution in [0.2, 0.25) is 0 Å². The quantitative estimate of drug-likeness (QED) is 0.389. The van der Waals surface area contributed by atoms with Gasteiger partial charge in [-0.05, 0) is 48.5 Å². The summed E-state index contributed by atoms with van der Waals surface area (Å²) >= 11 is 7.14. The number of halogens is 3. The first-order chi connectivity index (χ1) is 16.4. The normalized spacial score (nSPS) is 25.4. The van der Waals surface area contributed by atoms with Gasteiger partial charge < -0.3 is 15.3 Å². The number of piperazine rings is 1. The minimum atomic E-state index is -1.22. The lowest BCUT2D eigenvalue weighted by Crippen LogP contribution is -2.54. The van der Waals surface area contributed by atoms with Gasteiger partial charge in [0.05, 0.1) is 17.5 Å². The summed E-state index contributed by atoms with van der Waals surface area (Å²) in [6.07, 6.45) is 0.110. The van der Waals surface area contributed by atoms with Crippen molar-refractivity contribution in [3.63, 3.8) is 0 Å². The van der Waals surface area contributed by atoms with Crippen LogP contribution in [0.5, 0.6) is 0 Å². The minimum absolute atomic E-state index is 0. The maximum absolute atomic E-state index is 15.1. The summed E-state index contributed by atoms with van der Waals surface area (Å²) in [5.41, 5.74) is 1.77. The van der Waals surface area contributed by atoms with E-state index in [4.69, 9.17) is 12.2 Å². The van der Waals surface area contributed by atoms with Gasteiger partial charge in [0, 0.05) is 32.2 Å². The van der Waals surface area contributed by atoms with E-state index in [2.05, 4.69) is 20.1 Å². The lowest BCUT2D eigenvalue weighted by molar-refractivity contribution is 0.0104. The van der Waals surface area contributed by atoms with Crippen molar-refractivity contribution >= 4 is 71.1 Å². The van der Waals surface area contributed by atoms with Crippen molar-refractivity contribution in [1.29, 1.82) is 0 Å². The summed E-state index contributed by atoms with van der Waals surface area (Å²) in [6.45, 7) is 8.98. The Hall–Kier alpha value is -1.43. The first kappa shape index (κ1) is 30.8. The van der Waals surface area contributed by atoms with Crippen molar-refractivity contribution in [1.82, 2.24) is 20.0 Å². The molecule has 200 valence electrons. The molecule has 1 aromatic carbocycles. The maximum atomic E-state index is 15.1. The Morgan fingerprint density at radius 1 is 1.28 bits per heavy atom. The third-order valence-corrected chi connectivity index (χ3v) is 8.30. The number of thiocarbonyl (C=S) groups is 1. The molecule has 0 saturated carbocycles. The number of amidine groups is 1. The summed E-state index contributed by atoms with van der Waals surface area (Å²) < 4.78 is 15.1. The smallest absolute Gasteiger partial charge is 0.407 e. The standard InChI is InChI=1S/C24H32FN5O2S2.2ClH/c1-3-28(4-2)20-14-19(30(24(31)32)15-18(20)25)17-8-6-5-7-16(17)13-21-22(33)27-23(34-21)29-11-9-26-10-12-29;;/h5-8,13,18-20,26H,3-4,9-12,14-15H2,1-2H3,(H,31,32);2*1H. The van der Waals surface area contributed by atoms with Crippen LogP contribution >= 0.6 is 48.8 Å². The second kappa shape index (κ2) is 13.9. The number of rotatable bonds is 5. The molecule has 7 nitrogen and oxygen atoms in total. The van der Waals surface area contributed by atoms with E-state index in [0.717, 1.165) is 60.5 Å². The fourth-order valence-electron chi connectivity index (χ4n) is 4.99. The van der Waals surface area contributed by atoms with Crippen molar-refractivity contribution in [2.24, 2.45) is 4.99 Å². The number of carbonyl (C=O) groups is 1. The van der Waals surface area contributed by atoms with Crippen LogP contribution in [-0.2, 0) is 0 Å². The fourth-order valence-corrected chi connectivity index (χ4v) is 6.29. The van der Waals surface area contributed by atoms with Gasteiger partial charge in [-0.2, -0.15) is 0 Å². The minimum Gasteiger partial charge on any atom is -0.465 e. The molecule has 1 aromatic rings. The molecule has 3 atom stereocenters. The molecule has 3 heterocycles. The van der Waals surface area contributed by atoms with Crippen LogP contribution < -0.4 is 5.32 Å². The Bertz CT molecular complexity index is 989. The van der Waals surface area contributed by atoms with Gasteiger partial charge in [-0.1, -0.05) is 50.3 Å². The second-order valence-electron chi connectivity index (χ2n) is 8.67. The van der Waals surface area contributed by atoms with E-state index in [9.17, 15) is 9.90 Å². The zero-order valence-corrected chi connectivity index (χ0v) is 23.7. The number of thioether (sulfide) groups is 1. The van der Waals surface area contributed by atoms with E-state index in [0.29, 0.717) is 11.4 Å².